The number of terminal acetylenes is 1. The number of aromatic nitrogens is 1. The molecular formula is C34H31ClN2O6S. The highest BCUT2D eigenvalue weighted by atomic mass is 35.5. The summed E-state index contributed by atoms with van der Waals surface area (Å²) in [5, 5.41) is 2.08. The van der Waals surface area contributed by atoms with Crippen LogP contribution in [0.1, 0.15) is 43.9 Å². The van der Waals surface area contributed by atoms with Crippen molar-refractivity contribution in [3.05, 3.63) is 95.6 Å². The molecule has 0 spiro atoms. The third-order valence-corrected chi connectivity index (χ3v) is 8.43. The fourth-order valence-electron chi connectivity index (χ4n) is 5.36. The summed E-state index contributed by atoms with van der Waals surface area (Å²) in [4.78, 5) is 33.3. The van der Waals surface area contributed by atoms with Gasteiger partial charge in [0, 0.05) is 5.56 Å². The number of ether oxygens (including phenoxy) is 4. The largest absolute Gasteiger partial charge is 0.496 e. The van der Waals surface area contributed by atoms with Gasteiger partial charge in [0.1, 0.15) is 18.4 Å². The summed E-state index contributed by atoms with van der Waals surface area (Å²) in [6.07, 6.45) is 8.32. The van der Waals surface area contributed by atoms with E-state index in [1.165, 1.54) is 18.4 Å². The minimum absolute atomic E-state index is 0.0224. The Balaban J connectivity index is 1.82. The summed E-state index contributed by atoms with van der Waals surface area (Å²) in [7, 11) is 3.07. The van der Waals surface area contributed by atoms with Crippen LogP contribution in [-0.2, 0) is 9.53 Å². The summed E-state index contributed by atoms with van der Waals surface area (Å²) in [5.74, 6) is 3.12. The predicted octanol–water partition coefficient (Wildman–Crippen LogP) is 5.41. The molecule has 1 aromatic heterocycles. The zero-order valence-electron chi connectivity index (χ0n) is 24.8. The van der Waals surface area contributed by atoms with Crippen molar-refractivity contribution in [1.29, 1.82) is 0 Å². The van der Waals surface area contributed by atoms with E-state index in [1.54, 1.807) is 36.8 Å². The number of esters is 1. The highest BCUT2D eigenvalue weighted by molar-refractivity contribution is 7.07. The summed E-state index contributed by atoms with van der Waals surface area (Å²) in [6.45, 7) is 3.97. The third kappa shape index (κ3) is 5.71. The van der Waals surface area contributed by atoms with Gasteiger partial charge in [0.05, 0.1) is 41.7 Å². The molecule has 0 aliphatic carbocycles. The van der Waals surface area contributed by atoms with Gasteiger partial charge in [-0.25, -0.2) is 9.79 Å². The third-order valence-electron chi connectivity index (χ3n) is 7.17. The van der Waals surface area contributed by atoms with E-state index in [1.807, 2.05) is 43.3 Å². The first-order valence-corrected chi connectivity index (χ1v) is 15.3. The van der Waals surface area contributed by atoms with E-state index < -0.39 is 12.0 Å². The van der Waals surface area contributed by atoms with Gasteiger partial charge in [0.2, 0.25) is 0 Å². The zero-order chi connectivity index (χ0) is 31.4. The zero-order valence-corrected chi connectivity index (χ0v) is 26.4. The van der Waals surface area contributed by atoms with E-state index in [9.17, 15) is 9.59 Å². The molecule has 44 heavy (non-hydrogen) atoms. The molecule has 0 unspecified atom stereocenters. The average Bonchev–Trinajstić information content (AvgIpc) is 3.33. The molecule has 5 rings (SSSR count). The first kappa shape index (κ1) is 30.9. The molecule has 8 nitrogen and oxygen atoms in total. The van der Waals surface area contributed by atoms with Crippen molar-refractivity contribution < 1.29 is 23.7 Å². The van der Waals surface area contributed by atoms with Gasteiger partial charge >= 0.3 is 5.97 Å². The Labute approximate surface area is 263 Å². The van der Waals surface area contributed by atoms with Crippen LogP contribution in [0.2, 0.25) is 5.02 Å². The van der Waals surface area contributed by atoms with Crippen LogP contribution in [0, 0.1) is 12.3 Å². The molecule has 0 saturated carbocycles. The molecule has 0 N–H and O–H groups in total. The van der Waals surface area contributed by atoms with Gasteiger partial charge in [-0.1, -0.05) is 72.5 Å². The van der Waals surface area contributed by atoms with Gasteiger partial charge < -0.3 is 18.9 Å². The Bertz CT molecular complexity index is 2000. The lowest BCUT2D eigenvalue weighted by molar-refractivity contribution is -0.139. The van der Waals surface area contributed by atoms with Crippen molar-refractivity contribution in [2.75, 3.05) is 27.4 Å². The smallest absolute Gasteiger partial charge is 0.338 e. The minimum Gasteiger partial charge on any atom is -0.496 e. The number of allylic oxidation sites excluding steroid dienone is 1. The Morgan fingerprint density at radius 2 is 1.91 bits per heavy atom. The van der Waals surface area contributed by atoms with Gasteiger partial charge in [0.15, 0.2) is 16.3 Å². The maximum absolute atomic E-state index is 14.3. The second-order valence-corrected chi connectivity index (χ2v) is 11.3. The van der Waals surface area contributed by atoms with E-state index in [2.05, 4.69) is 5.92 Å². The number of thiazole rings is 1. The van der Waals surface area contributed by atoms with Crippen LogP contribution in [0.15, 0.2) is 69.6 Å². The molecule has 0 fully saturated rings. The van der Waals surface area contributed by atoms with Crippen molar-refractivity contribution in [2.45, 2.75) is 32.7 Å². The van der Waals surface area contributed by atoms with E-state index in [-0.39, 0.29) is 23.8 Å². The monoisotopic (exact) mass is 630 g/mol. The molecule has 4 aromatic rings. The molecule has 0 radical (unpaired) electrons. The molecular weight excluding hydrogens is 600 g/mol. The maximum Gasteiger partial charge on any atom is 0.338 e. The van der Waals surface area contributed by atoms with Crippen LogP contribution in [0.5, 0.6) is 17.2 Å². The number of carbonyl (C=O) groups excluding carboxylic acids is 1. The normalized spacial score (nSPS) is 14.5. The topological polar surface area (TPSA) is 88.4 Å². The first-order valence-electron chi connectivity index (χ1n) is 14.1. The minimum atomic E-state index is -0.840. The van der Waals surface area contributed by atoms with Crippen molar-refractivity contribution in [2.24, 2.45) is 4.99 Å². The molecule has 1 aliphatic rings. The fraction of sp³-hybridized carbons (Fsp3) is 0.265. The van der Waals surface area contributed by atoms with E-state index >= 15 is 0 Å². The summed E-state index contributed by atoms with van der Waals surface area (Å²) in [5.41, 5.74) is 1.88. The number of halogens is 1. The average molecular weight is 631 g/mol. The molecule has 2 heterocycles. The second kappa shape index (κ2) is 13.4. The number of carbonyl (C=O) groups is 1. The quantitative estimate of drug-likeness (QED) is 0.172. The summed E-state index contributed by atoms with van der Waals surface area (Å²) < 4.78 is 24.4. The second-order valence-electron chi connectivity index (χ2n) is 9.84. The number of hydrogen-bond donors (Lipinski definition) is 0. The maximum atomic E-state index is 14.3. The lowest BCUT2D eigenvalue weighted by Gasteiger charge is -2.28. The number of benzene rings is 3. The van der Waals surface area contributed by atoms with Crippen molar-refractivity contribution in [3.63, 3.8) is 0 Å². The highest BCUT2D eigenvalue weighted by Crippen LogP contribution is 2.41. The number of methoxy groups -OCH3 is 2. The molecule has 226 valence electrons. The number of rotatable bonds is 10. The lowest BCUT2D eigenvalue weighted by atomic mass is 9.90. The molecule has 0 bridgehead atoms. The lowest BCUT2D eigenvalue weighted by Crippen LogP contribution is -2.40. The molecule has 0 amide bonds. The van der Waals surface area contributed by atoms with Crippen LogP contribution in [0.25, 0.3) is 16.8 Å². The van der Waals surface area contributed by atoms with Crippen LogP contribution < -0.4 is 29.1 Å². The van der Waals surface area contributed by atoms with Gasteiger partial charge in [-0.15, -0.1) is 6.42 Å². The first-order chi connectivity index (χ1) is 21.4. The Morgan fingerprint density at radius 3 is 2.61 bits per heavy atom. The Kier molecular flexibility index (Phi) is 9.43. The summed E-state index contributed by atoms with van der Waals surface area (Å²) in [6, 6.07) is 14.2. The molecule has 1 atom stereocenters. The predicted molar refractivity (Wildman–Crippen MR) is 172 cm³/mol. The SMILES string of the molecule is C#CCOc1c(Cl)cc(/C=c2/sc3n(c2=O)[C@@H](c2c(OC)ccc4ccccc24)C(C(=O)OCC)=C(CCC)N=3)cc1OC. The van der Waals surface area contributed by atoms with Crippen molar-refractivity contribution >= 4 is 45.8 Å². The van der Waals surface area contributed by atoms with Gasteiger partial charge in [0.25, 0.3) is 5.56 Å². The van der Waals surface area contributed by atoms with E-state index in [0.29, 0.717) is 55.4 Å². The van der Waals surface area contributed by atoms with Gasteiger partial charge in [-0.3, -0.25) is 9.36 Å². The van der Waals surface area contributed by atoms with E-state index in [0.717, 1.165) is 17.2 Å². The molecule has 10 heteroatoms. The highest BCUT2D eigenvalue weighted by Gasteiger charge is 2.37. The Hall–Kier alpha value is -4.52. The number of fused-ring (bicyclic) bond motifs is 2. The van der Waals surface area contributed by atoms with Crippen molar-refractivity contribution in [1.82, 2.24) is 4.57 Å². The number of hydrogen-bond acceptors (Lipinski definition) is 8. The summed E-state index contributed by atoms with van der Waals surface area (Å²) >= 11 is 7.75. The van der Waals surface area contributed by atoms with Crippen LogP contribution in [-0.4, -0.2) is 38.0 Å². The van der Waals surface area contributed by atoms with E-state index in [4.69, 9.17) is 42.0 Å². The Morgan fingerprint density at radius 1 is 1.14 bits per heavy atom. The van der Waals surface area contributed by atoms with Gasteiger partial charge in [-0.05, 0) is 54.0 Å². The molecule has 1 aliphatic heterocycles. The van der Waals surface area contributed by atoms with Crippen LogP contribution >= 0.6 is 22.9 Å². The van der Waals surface area contributed by atoms with Crippen LogP contribution in [0.3, 0.4) is 0 Å². The van der Waals surface area contributed by atoms with Gasteiger partial charge in [-0.2, -0.15) is 0 Å². The molecule has 0 saturated heterocycles. The van der Waals surface area contributed by atoms with Crippen LogP contribution in [0.4, 0.5) is 0 Å². The number of nitrogens with zero attached hydrogens (tertiary/aromatic N) is 2. The van der Waals surface area contributed by atoms with Crippen molar-refractivity contribution in [3.8, 4) is 29.6 Å². The standard InChI is InChI=1S/C34H31ClN2O6S/c1-6-11-24-29(33(39)42-8-3)30(28-22-13-10-9-12-21(22)14-15-25(28)40-4)37-32(38)27(44-34(37)36-24)19-20-17-23(35)31(43-16-7-2)26(18-20)41-5/h2,9-10,12-15,17-19,30H,6,8,11,16H2,1,3-5H3/b27-19+/t30-/m0/s1. The fourth-order valence-corrected chi connectivity index (χ4v) is 6.65. The molecule has 3 aromatic carbocycles.